The molecule has 0 aromatic carbocycles. The van der Waals surface area contributed by atoms with Crippen LogP contribution < -0.4 is 5.32 Å². The van der Waals surface area contributed by atoms with Crippen molar-refractivity contribution in [3.8, 4) is 0 Å². The monoisotopic (exact) mass is 237 g/mol. The average Bonchev–Trinajstić information content (AvgIpc) is 2.70. The quantitative estimate of drug-likeness (QED) is 0.669. The van der Waals surface area contributed by atoms with Gasteiger partial charge < -0.3 is 15.5 Å². The summed E-state index contributed by atoms with van der Waals surface area (Å²) >= 11 is 0. The van der Waals surface area contributed by atoms with E-state index in [0.29, 0.717) is 11.5 Å². The zero-order valence-corrected chi connectivity index (χ0v) is 9.75. The minimum absolute atomic E-state index is 0.183. The van der Waals surface area contributed by atoms with Crippen LogP contribution in [0.4, 0.5) is 5.82 Å². The Kier molecular flexibility index (Phi) is 2.95. The highest BCUT2D eigenvalue weighted by atomic mass is 16.3. The Labute approximate surface area is 98.1 Å². The second-order valence-electron chi connectivity index (χ2n) is 4.23. The van der Waals surface area contributed by atoms with Gasteiger partial charge in [-0.2, -0.15) is 0 Å². The van der Waals surface area contributed by atoms with Crippen molar-refractivity contribution in [2.45, 2.75) is 19.4 Å². The summed E-state index contributed by atoms with van der Waals surface area (Å²) in [5.41, 5.74) is -0.595. The SMILES string of the molecule is Cc1nnc2c(NCC(C)(O)CO)nccn12. The van der Waals surface area contributed by atoms with Crippen LogP contribution in [-0.2, 0) is 0 Å². The molecule has 2 rings (SSSR count). The summed E-state index contributed by atoms with van der Waals surface area (Å²) in [4.78, 5) is 4.13. The normalized spacial score (nSPS) is 14.8. The van der Waals surface area contributed by atoms with Gasteiger partial charge in [-0.25, -0.2) is 4.98 Å². The summed E-state index contributed by atoms with van der Waals surface area (Å²) in [5.74, 6) is 1.29. The summed E-state index contributed by atoms with van der Waals surface area (Å²) in [6, 6.07) is 0. The average molecular weight is 237 g/mol. The summed E-state index contributed by atoms with van der Waals surface area (Å²) in [6.07, 6.45) is 3.39. The molecule has 0 aliphatic rings. The van der Waals surface area contributed by atoms with E-state index in [2.05, 4.69) is 20.5 Å². The second kappa shape index (κ2) is 4.27. The van der Waals surface area contributed by atoms with Crippen LogP contribution in [0.15, 0.2) is 12.4 Å². The summed E-state index contributed by atoms with van der Waals surface area (Å²) < 4.78 is 1.79. The fourth-order valence-corrected chi connectivity index (χ4v) is 1.40. The molecule has 1 unspecified atom stereocenters. The van der Waals surface area contributed by atoms with Crippen molar-refractivity contribution in [3.63, 3.8) is 0 Å². The van der Waals surface area contributed by atoms with Crippen LogP contribution in [0.2, 0.25) is 0 Å². The molecule has 2 aromatic rings. The molecule has 0 bridgehead atoms. The number of nitrogens with zero attached hydrogens (tertiary/aromatic N) is 4. The summed E-state index contributed by atoms with van der Waals surface area (Å²) in [5, 5.41) is 29.5. The molecule has 0 saturated carbocycles. The number of hydrogen-bond donors (Lipinski definition) is 3. The van der Waals surface area contributed by atoms with Crippen molar-refractivity contribution in [2.75, 3.05) is 18.5 Å². The van der Waals surface area contributed by atoms with E-state index in [4.69, 9.17) is 5.11 Å². The van der Waals surface area contributed by atoms with E-state index in [9.17, 15) is 5.11 Å². The van der Waals surface area contributed by atoms with Crippen LogP contribution >= 0.6 is 0 Å². The molecule has 0 saturated heterocycles. The van der Waals surface area contributed by atoms with E-state index in [-0.39, 0.29) is 13.2 Å². The van der Waals surface area contributed by atoms with Gasteiger partial charge in [0.25, 0.3) is 0 Å². The van der Waals surface area contributed by atoms with E-state index < -0.39 is 5.60 Å². The predicted molar refractivity (Wildman–Crippen MR) is 61.7 cm³/mol. The molecule has 0 aliphatic heterocycles. The van der Waals surface area contributed by atoms with E-state index in [1.807, 2.05) is 6.92 Å². The Morgan fingerprint density at radius 3 is 2.94 bits per heavy atom. The minimum Gasteiger partial charge on any atom is -0.393 e. The largest absolute Gasteiger partial charge is 0.393 e. The van der Waals surface area contributed by atoms with Crippen LogP contribution in [0.25, 0.3) is 5.65 Å². The van der Waals surface area contributed by atoms with Crippen LogP contribution in [0.1, 0.15) is 12.7 Å². The first-order valence-electron chi connectivity index (χ1n) is 5.27. The van der Waals surface area contributed by atoms with Gasteiger partial charge in [-0.3, -0.25) is 4.40 Å². The summed E-state index contributed by atoms with van der Waals surface area (Å²) in [6.45, 7) is 3.24. The zero-order chi connectivity index (χ0) is 12.5. The molecule has 0 fully saturated rings. The third-order valence-electron chi connectivity index (χ3n) is 2.47. The lowest BCUT2D eigenvalue weighted by atomic mass is 10.1. The number of rotatable bonds is 4. The highest BCUT2D eigenvalue weighted by molar-refractivity contribution is 5.62. The number of nitrogens with one attached hydrogen (secondary N) is 1. The lowest BCUT2D eigenvalue weighted by molar-refractivity contribution is 0.0132. The molecule has 7 heteroatoms. The Morgan fingerprint density at radius 2 is 2.24 bits per heavy atom. The van der Waals surface area contributed by atoms with E-state index >= 15 is 0 Å². The first kappa shape index (κ1) is 11.7. The van der Waals surface area contributed by atoms with Crippen LogP contribution in [0, 0.1) is 6.92 Å². The topological polar surface area (TPSA) is 95.6 Å². The van der Waals surface area contributed by atoms with Gasteiger partial charge in [-0.1, -0.05) is 0 Å². The van der Waals surface area contributed by atoms with Crippen LogP contribution in [0.5, 0.6) is 0 Å². The Morgan fingerprint density at radius 1 is 1.47 bits per heavy atom. The van der Waals surface area contributed by atoms with Crippen molar-refractivity contribution in [1.29, 1.82) is 0 Å². The third-order valence-corrected chi connectivity index (χ3v) is 2.47. The molecule has 2 aromatic heterocycles. The maximum absolute atomic E-state index is 9.68. The first-order chi connectivity index (χ1) is 8.03. The number of aliphatic hydroxyl groups excluding tert-OH is 1. The fraction of sp³-hybridized carbons (Fsp3) is 0.500. The maximum atomic E-state index is 9.68. The van der Waals surface area contributed by atoms with Crippen molar-refractivity contribution in [3.05, 3.63) is 18.2 Å². The zero-order valence-electron chi connectivity index (χ0n) is 9.75. The molecule has 2 heterocycles. The van der Waals surface area contributed by atoms with Crippen molar-refractivity contribution >= 4 is 11.5 Å². The van der Waals surface area contributed by atoms with Crippen LogP contribution in [-0.4, -0.2) is 48.5 Å². The van der Waals surface area contributed by atoms with Crippen molar-refractivity contribution in [1.82, 2.24) is 19.6 Å². The molecule has 92 valence electrons. The molecule has 0 radical (unpaired) electrons. The standard InChI is InChI=1S/C10H15N5O2/c1-7-13-14-9-8(11-3-4-15(7)9)12-5-10(2,17)6-16/h3-4,16-17H,5-6H2,1-2H3,(H,11,12). The number of aryl methyl sites for hydroxylation is 1. The Hall–Kier alpha value is -1.73. The van der Waals surface area contributed by atoms with Gasteiger partial charge in [0.2, 0.25) is 5.65 Å². The highest BCUT2D eigenvalue weighted by Gasteiger charge is 2.19. The van der Waals surface area contributed by atoms with Gasteiger partial charge >= 0.3 is 0 Å². The lowest BCUT2D eigenvalue weighted by Crippen LogP contribution is -2.37. The molecule has 3 N–H and O–H groups in total. The molecular formula is C10H15N5O2. The van der Waals surface area contributed by atoms with Gasteiger partial charge in [0.05, 0.1) is 6.61 Å². The molecule has 0 amide bonds. The number of aliphatic hydroxyl groups is 2. The number of fused-ring (bicyclic) bond motifs is 1. The first-order valence-corrected chi connectivity index (χ1v) is 5.27. The van der Waals surface area contributed by atoms with Crippen LogP contribution in [0.3, 0.4) is 0 Å². The molecule has 0 aliphatic carbocycles. The Balaban J connectivity index is 2.25. The van der Waals surface area contributed by atoms with Gasteiger partial charge in [0.15, 0.2) is 5.82 Å². The van der Waals surface area contributed by atoms with Gasteiger partial charge in [0.1, 0.15) is 11.4 Å². The molecule has 1 atom stereocenters. The van der Waals surface area contributed by atoms with E-state index in [1.165, 1.54) is 6.92 Å². The second-order valence-corrected chi connectivity index (χ2v) is 4.23. The number of aromatic nitrogens is 4. The van der Waals surface area contributed by atoms with E-state index in [1.54, 1.807) is 16.8 Å². The molecule has 0 spiro atoms. The lowest BCUT2D eigenvalue weighted by Gasteiger charge is -2.20. The van der Waals surface area contributed by atoms with Crippen molar-refractivity contribution in [2.24, 2.45) is 0 Å². The Bertz CT molecular complexity index is 522. The van der Waals surface area contributed by atoms with Crippen molar-refractivity contribution < 1.29 is 10.2 Å². The molecular weight excluding hydrogens is 222 g/mol. The third kappa shape index (κ3) is 2.34. The predicted octanol–water partition coefficient (Wildman–Crippen LogP) is -0.412. The van der Waals surface area contributed by atoms with Gasteiger partial charge in [-0.15, -0.1) is 10.2 Å². The highest BCUT2D eigenvalue weighted by Crippen LogP contribution is 2.13. The summed E-state index contributed by atoms with van der Waals surface area (Å²) in [7, 11) is 0. The van der Waals surface area contributed by atoms with E-state index in [0.717, 1.165) is 5.82 Å². The molecule has 17 heavy (non-hydrogen) atoms. The van der Waals surface area contributed by atoms with Gasteiger partial charge in [-0.05, 0) is 13.8 Å². The maximum Gasteiger partial charge on any atom is 0.203 e. The number of anilines is 1. The smallest absolute Gasteiger partial charge is 0.203 e. The van der Waals surface area contributed by atoms with Gasteiger partial charge in [0, 0.05) is 18.9 Å². The fourth-order valence-electron chi connectivity index (χ4n) is 1.40. The minimum atomic E-state index is -1.19. The number of hydrogen-bond acceptors (Lipinski definition) is 6. The molecule has 7 nitrogen and oxygen atoms in total.